The molecule has 1 fully saturated rings. The second kappa shape index (κ2) is 7.88. The number of nitrogens with zero attached hydrogens (tertiary/aromatic N) is 4. The van der Waals surface area contributed by atoms with Crippen LogP contribution >= 0.6 is 0 Å². The van der Waals surface area contributed by atoms with Crippen molar-refractivity contribution in [3.8, 4) is 11.1 Å². The molecule has 0 N–H and O–H groups in total. The Hall–Kier alpha value is -3.46. The van der Waals surface area contributed by atoms with Crippen molar-refractivity contribution in [1.29, 1.82) is 0 Å². The zero-order chi connectivity index (χ0) is 20.4. The monoisotopic (exact) mass is 386 g/mol. The van der Waals surface area contributed by atoms with E-state index in [1.165, 1.54) is 0 Å². The topological polar surface area (TPSA) is 63.6 Å². The van der Waals surface area contributed by atoms with E-state index in [2.05, 4.69) is 15.0 Å². The van der Waals surface area contributed by atoms with Gasteiger partial charge >= 0.3 is 0 Å². The summed E-state index contributed by atoms with van der Waals surface area (Å²) in [6, 6.07) is 15.3. The minimum Gasteiger partial charge on any atom is -0.425 e. The fraction of sp³-hybridized carbons (Fsp3) is 0.304. The average molecular weight is 386 g/mol. The number of benzene rings is 2. The number of hydrogen-bond donors (Lipinski definition) is 0. The van der Waals surface area contributed by atoms with E-state index in [0.29, 0.717) is 23.0 Å². The van der Waals surface area contributed by atoms with Gasteiger partial charge in [0, 0.05) is 31.5 Å². The van der Waals surface area contributed by atoms with E-state index in [4.69, 9.17) is 11.0 Å². The Balaban J connectivity index is 1.43. The van der Waals surface area contributed by atoms with Gasteiger partial charge in [0.2, 0.25) is 11.8 Å². The van der Waals surface area contributed by atoms with Crippen LogP contribution in [0.15, 0.2) is 52.9 Å². The maximum Gasteiger partial charge on any atom is 0.253 e. The van der Waals surface area contributed by atoms with Crippen molar-refractivity contribution in [2.75, 3.05) is 7.05 Å². The highest BCUT2D eigenvalue weighted by Crippen LogP contribution is 2.36. The standard InChI is InChI=1S/C23H22N4O2/c1-15-25-26-22(29-15)19-10-13-21(14-19)27(3)23(28)18-6-4-16(5-7-18)17-8-11-20(24-2)12-9-17/h4-9,11-12,19,21H,10,13-14H2,1,3H3/t19-,21+/m0/s1. The molecule has 2 aromatic carbocycles. The molecule has 3 aromatic rings. The van der Waals surface area contributed by atoms with Gasteiger partial charge in [0.25, 0.3) is 5.91 Å². The number of amides is 1. The molecule has 6 heteroatoms. The Morgan fingerprint density at radius 1 is 1.07 bits per heavy atom. The van der Waals surface area contributed by atoms with E-state index in [1.54, 1.807) is 19.1 Å². The summed E-state index contributed by atoms with van der Waals surface area (Å²) in [6.07, 6.45) is 2.72. The Kier molecular flexibility index (Phi) is 5.13. The molecule has 1 saturated carbocycles. The van der Waals surface area contributed by atoms with E-state index in [1.807, 2.05) is 48.3 Å². The molecule has 146 valence electrons. The number of aromatic nitrogens is 2. The van der Waals surface area contributed by atoms with Gasteiger partial charge in [-0.1, -0.05) is 36.4 Å². The molecule has 0 saturated heterocycles. The Morgan fingerprint density at radius 2 is 1.72 bits per heavy atom. The van der Waals surface area contributed by atoms with E-state index in [0.717, 1.165) is 30.4 Å². The van der Waals surface area contributed by atoms with Crippen molar-refractivity contribution >= 4 is 11.6 Å². The highest BCUT2D eigenvalue weighted by Gasteiger charge is 2.33. The first-order chi connectivity index (χ1) is 14.0. The minimum absolute atomic E-state index is 0.0206. The zero-order valence-corrected chi connectivity index (χ0v) is 16.5. The lowest BCUT2D eigenvalue weighted by Gasteiger charge is -2.24. The third kappa shape index (κ3) is 3.90. The first-order valence-corrected chi connectivity index (χ1v) is 9.70. The number of aryl methyl sites for hydroxylation is 1. The second-order valence-electron chi connectivity index (χ2n) is 7.48. The van der Waals surface area contributed by atoms with Crippen LogP contribution in [-0.4, -0.2) is 34.1 Å². The molecule has 2 atom stereocenters. The molecule has 0 unspecified atom stereocenters. The van der Waals surface area contributed by atoms with Crippen LogP contribution in [0.1, 0.15) is 47.3 Å². The molecule has 0 aliphatic heterocycles. The highest BCUT2D eigenvalue weighted by molar-refractivity contribution is 5.94. The molecule has 0 radical (unpaired) electrons. The Morgan fingerprint density at radius 3 is 2.31 bits per heavy atom. The summed E-state index contributed by atoms with van der Waals surface area (Å²) >= 11 is 0. The van der Waals surface area contributed by atoms with Crippen molar-refractivity contribution in [3.63, 3.8) is 0 Å². The van der Waals surface area contributed by atoms with Gasteiger partial charge in [0.1, 0.15) is 0 Å². The smallest absolute Gasteiger partial charge is 0.253 e. The van der Waals surface area contributed by atoms with Crippen molar-refractivity contribution in [2.45, 2.75) is 38.1 Å². The summed E-state index contributed by atoms with van der Waals surface area (Å²) in [5.41, 5.74) is 3.34. The summed E-state index contributed by atoms with van der Waals surface area (Å²) in [5.74, 6) is 1.50. The van der Waals surface area contributed by atoms with Crippen LogP contribution in [0, 0.1) is 13.5 Å². The fourth-order valence-corrected chi connectivity index (χ4v) is 3.91. The number of carbonyl (C=O) groups excluding carboxylic acids is 1. The van der Waals surface area contributed by atoms with Crippen LogP contribution in [0.5, 0.6) is 0 Å². The predicted molar refractivity (Wildman–Crippen MR) is 110 cm³/mol. The highest BCUT2D eigenvalue weighted by atomic mass is 16.4. The molecule has 1 aliphatic carbocycles. The molecule has 0 bridgehead atoms. The first-order valence-electron chi connectivity index (χ1n) is 9.70. The quantitative estimate of drug-likeness (QED) is 0.592. The first kappa shape index (κ1) is 18.9. The van der Waals surface area contributed by atoms with Gasteiger partial charge in [0.05, 0.1) is 6.57 Å². The van der Waals surface area contributed by atoms with Crippen LogP contribution in [0.4, 0.5) is 5.69 Å². The van der Waals surface area contributed by atoms with Gasteiger partial charge in [-0.25, -0.2) is 4.85 Å². The SMILES string of the molecule is [C-]#[N+]c1ccc(-c2ccc(C(=O)N(C)[C@@H]3CC[C@H](c4nnc(C)o4)C3)cc2)cc1. The number of hydrogen-bond acceptors (Lipinski definition) is 4. The number of carbonyl (C=O) groups is 1. The van der Waals surface area contributed by atoms with Crippen molar-refractivity contribution < 1.29 is 9.21 Å². The summed E-state index contributed by atoms with van der Waals surface area (Å²) in [4.78, 5) is 18.2. The van der Waals surface area contributed by atoms with Gasteiger partial charge in [-0.15, -0.1) is 10.2 Å². The maximum atomic E-state index is 13.0. The van der Waals surface area contributed by atoms with Crippen LogP contribution in [0.2, 0.25) is 0 Å². The fourth-order valence-electron chi connectivity index (χ4n) is 3.91. The Labute approximate surface area is 170 Å². The van der Waals surface area contributed by atoms with Gasteiger partial charge in [-0.05, 0) is 42.5 Å². The van der Waals surface area contributed by atoms with Crippen LogP contribution < -0.4 is 0 Å². The molecule has 4 rings (SSSR count). The van der Waals surface area contributed by atoms with Crippen LogP contribution in [0.3, 0.4) is 0 Å². The summed E-state index contributed by atoms with van der Waals surface area (Å²) in [5, 5.41) is 8.05. The minimum atomic E-state index is 0.0206. The molecule has 1 amide bonds. The van der Waals surface area contributed by atoms with E-state index < -0.39 is 0 Å². The summed E-state index contributed by atoms with van der Waals surface area (Å²) in [7, 11) is 1.87. The predicted octanol–water partition coefficient (Wildman–Crippen LogP) is 5.00. The van der Waals surface area contributed by atoms with E-state index in [9.17, 15) is 4.79 Å². The molecular formula is C23H22N4O2. The van der Waals surface area contributed by atoms with Gasteiger partial charge in [-0.2, -0.15) is 0 Å². The van der Waals surface area contributed by atoms with Gasteiger partial charge in [0.15, 0.2) is 5.69 Å². The Bertz CT molecular complexity index is 1050. The van der Waals surface area contributed by atoms with Crippen LogP contribution in [0.25, 0.3) is 16.0 Å². The number of rotatable bonds is 4. The molecular weight excluding hydrogens is 364 g/mol. The third-order valence-electron chi connectivity index (χ3n) is 5.63. The van der Waals surface area contributed by atoms with Crippen LogP contribution in [-0.2, 0) is 0 Å². The largest absolute Gasteiger partial charge is 0.425 e. The third-order valence-corrected chi connectivity index (χ3v) is 5.63. The van der Waals surface area contributed by atoms with Crippen molar-refractivity contribution in [2.24, 2.45) is 0 Å². The zero-order valence-electron chi connectivity index (χ0n) is 16.5. The molecule has 1 aliphatic rings. The lowest BCUT2D eigenvalue weighted by molar-refractivity contribution is 0.0733. The normalized spacial score (nSPS) is 18.4. The lowest BCUT2D eigenvalue weighted by Crippen LogP contribution is -2.35. The van der Waals surface area contributed by atoms with Gasteiger partial charge < -0.3 is 9.32 Å². The molecule has 1 aromatic heterocycles. The van der Waals surface area contributed by atoms with Gasteiger partial charge in [-0.3, -0.25) is 4.79 Å². The lowest BCUT2D eigenvalue weighted by atomic mass is 10.0. The molecule has 6 nitrogen and oxygen atoms in total. The molecule has 1 heterocycles. The summed E-state index contributed by atoms with van der Waals surface area (Å²) in [6.45, 7) is 8.83. The summed E-state index contributed by atoms with van der Waals surface area (Å²) < 4.78 is 5.57. The van der Waals surface area contributed by atoms with Crippen molar-refractivity contribution in [1.82, 2.24) is 15.1 Å². The average Bonchev–Trinajstić information content (AvgIpc) is 3.42. The molecule has 0 spiro atoms. The molecule has 29 heavy (non-hydrogen) atoms. The van der Waals surface area contributed by atoms with E-state index >= 15 is 0 Å². The van der Waals surface area contributed by atoms with E-state index in [-0.39, 0.29) is 17.9 Å². The second-order valence-corrected chi connectivity index (χ2v) is 7.48. The van der Waals surface area contributed by atoms with Crippen molar-refractivity contribution in [3.05, 3.63) is 77.3 Å². The maximum absolute atomic E-state index is 13.0.